The van der Waals surface area contributed by atoms with Gasteiger partial charge in [0.1, 0.15) is 0 Å². The first-order valence-corrected chi connectivity index (χ1v) is 3.07. The van der Waals surface area contributed by atoms with Gasteiger partial charge in [0.05, 0.1) is 0 Å². The van der Waals surface area contributed by atoms with Gasteiger partial charge < -0.3 is 0 Å². The zero-order valence-electron chi connectivity index (χ0n) is 5.31. The first kappa shape index (κ1) is 4.72. The first-order valence-electron chi connectivity index (χ1n) is 3.07. The van der Waals surface area contributed by atoms with E-state index in [1.165, 1.54) is 16.0 Å². The highest BCUT2D eigenvalue weighted by Crippen LogP contribution is 1.86. The predicted molar refractivity (Wildman–Crippen MR) is 38.5 cm³/mol. The highest BCUT2D eigenvalue weighted by Gasteiger charge is 1.81. The third-order valence-corrected chi connectivity index (χ3v) is 1.70. The average Bonchev–Trinajstić information content (AvgIpc) is 2.35. The zero-order valence-corrected chi connectivity index (χ0v) is 5.31. The van der Waals surface area contributed by atoms with E-state index in [-0.39, 0.29) is 0 Å². The maximum Gasteiger partial charge on any atom is -0.0803 e. The van der Waals surface area contributed by atoms with Crippen molar-refractivity contribution < 1.29 is 0 Å². The SMILES string of the molecule is Cc1c[cH-]c2c1=CC=C=2. The van der Waals surface area contributed by atoms with Crippen molar-refractivity contribution in [2.45, 2.75) is 6.92 Å². The Labute approximate surface area is 53.8 Å². The van der Waals surface area contributed by atoms with E-state index < -0.39 is 0 Å². The summed E-state index contributed by atoms with van der Waals surface area (Å²) in [5.41, 5.74) is 4.49. The van der Waals surface area contributed by atoms with E-state index in [1.54, 1.807) is 0 Å². The van der Waals surface area contributed by atoms with Gasteiger partial charge in [0.2, 0.25) is 0 Å². The van der Waals surface area contributed by atoms with Crippen LogP contribution in [0.25, 0.3) is 11.8 Å². The van der Waals surface area contributed by atoms with Gasteiger partial charge in [-0.25, -0.2) is 5.73 Å². The molecule has 0 saturated carbocycles. The first-order chi connectivity index (χ1) is 4.38. The highest BCUT2D eigenvalue weighted by molar-refractivity contribution is 5.53. The molecule has 2 rings (SSSR count). The average molecular weight is 115 g/mol. The molecule has 0 atom stereocenters. The Kier molecular flexibility index (Phi) is 0.750. The number of hydrogen-bond acceptors (Lipinski definition) is 0. The molecule has 0 unspecified atom stereocenters. The molecular weight excluding hydrogens is 108 g/mol. The van der Waals surface area contributed by atoms with Crippen molar-refractivity contribution in [3.8, 4) is 0 Å². The summed E-state index contributed by atoms with van der Waals surface area (Å²) in [5, 5.41) is 2.59. The fraction of sp³-hybridized carbons (Fsp3) is 0.111. The van der Waals surface area contributed by atoms with E-state index in [2.05, 4.69) is 30.9 Å². The Morgan fingerprint density at radius 3 is 3.22 bits per heavy atom. The monoisotopic (exact) mass is 115 g/mol. The maximum absolute atomic E-state index is 3.14. The second-order valence-corrected chi connectivity index (χ2v) is 2.32. The van der Waals surface area contributed by atoms with Crippen LogP contribution in [-0.4, -0.2) is 0 Å². The number of allylic oxidation sites excluding steroid dienone is 1. The molecule has 0 saturated heterocycles. The molecule has 0 fully saturated rings. The standard InChI is InChI=1S/C9H7/c1-7-5-6-8-3-2-4-9(7)8/h2,4-6H,1H3/q-1. The van der Waals surface area contributed by atoms with Crippen molar-refractivity contribution in [2.75, 3.05) is 0 Å². The summed E-state index contributed by atoms with van der Waals surface area (Å²) in [5.74, 6) is 0. The molecule has 1 aliphatic rings. The summed E-state index contributed by atoms with van der Waals surface area (Å²) in [7, 11) is 0. The van der Waals surface area contributed by atoms with Gasteiger partial charge in [-0.1, -0.05) is 13.0 Å². The molecule has 1 aliphatic carbocycles. The van der Waals surface area contributed by atoms with E-state index in [0.717, 1.165) is 0 Å². The lowest BCUT2D eigenvalue weighted by atomic mass is 10.3. The summed E-state index contributed by atoms with van der Waals surface area (Å²) in [6.45, 7) is 2.12. The summed E-state index contributed by atoms with van der Waals surface area (Å²) in [4.78, 5) is 0. The van der Waals surface area contributed by atoms with Crippen molar-refractivity contribution in [3.63, 3.8) is 0 Å². The quantitative estimate of drug-likeness (QED) is 0.430. The lowest BCUT2D eigenvalue weighted by Crippen LogP contribution is -2.17. The minimum atomic E-state index is 1.24. The molecule has 0 radical (unpaired) electrons. The molecule has 44 valence electrons. The number of aryl methyl sites for hydroxylation is 1. The van der Waals surface area contributed by atoms with Gasteiger partial charge >= 0.3 is 0 Å². The second kappa shape index (κ2) is 1.43. The van der Waals surface area contributed by atoms with Crippen LogP contribution in [0, 0.1) is 6.92 Å². The maximum atomic E-state index is 3.14. The van der Waals surface area contributed by atoms with Crippen molar-refractivity contribution in [3.05, 3.63) is 34.2 Å². The van der Waals surface area contributed by atoms with Crippen LogP contribution < -0.4 is 10.4 Å². The van der Waals surface area contributed by atoms with E-state index >= 15 is 0 Å². The van der Waals surface area contributed by atoms with Gasteiger partial charge in [-0.2, -0.15) is 5.56 Å². The molecule has 0 aliphatic heterocycles. The fourth-order valence-corrected chi connectivity index (χ4v) is 1.16. The molecule has 0 nitrogen and oxygen atoms in total. The van der Waals surface area contributed by atoms with Crippen LogP contribution >= 0.6 is 0 Å². The largest absolute Gasteiger partial charge is 0.236 e. The summed E-state index contributed by atoms with van der Waals surface area (Å²) >= 11 is 0. The van der Waals surface area contributed by atoms with Crippen molar-refractivity contribution in [2.24, 2.45) is 0 Å². The van der Waals surface area contributed by atoms with Crippen LogP contribution in [0.1, 0.15) is 5.56 Å². The van der Waals surface area contributed by atoms with Crippen LogP contribution in [0.3, 0.4) is 0 Å². The minimum Gasteiger partial charge on any atom is -0.236 e. The molecule has 1 aromatic carbocycles. The predicted octanol–water partition coefficient (Wildman–Crippen LogP) is 0.444. The van der Waals surface area contributed by atoms with Gasteiger partial charge in [-0.3, -0.25) is 0 Å². The lowest BCUT2D eigenvalue weighted by molar-refractivity contribution is 1.48. The van der Waals surface area contributed by atoms with Gasteiger partial charge in [0, 0.05) is 0 Å². The van der Waals surface area contributed by atoms with Crippen LogP contribution in [-0.2, 0) is 0 Å². The van der Waals surface area contributed by atoms with Crippen molar-refractivity contribution in [1.29, 1.82) is 0 Å². The van der Waals surface area contributed by atoms with Crippen LogP contribution in [0.2, 0.25) is 0 Å². The second-order valence-electron chi connectivity index (χ2n) is 2.32. The van der Waals surface area contributed by atoms with Crippen molar-refractivity contribution in [1.82, 2.24) is 0 Å². The normalized spacial score (nSPS) is 12.6. The highest BCUT2D eigenvalue weighted by atomic mass is 14.0. The smallest absolute Gasteiger partial charge is 0.0803 e. The van der Waals surface area contributed by atoms with Gasteiger partial charge in [0.25, 0.3) is 0 Å². The molecule has 0 heteroatoms. The molecule has 0 aromatic heterocycles. The van der Waals surface area contributed by atoms with E-state index in [1.807, 2.05) is 6.08 Å². The molecule has 0 spiro atoms. The van der Waals surface area contributed by atoms with Crippen LogP contribution in [0.4, 0.5) is 0 Å². The number of rotatable bonds is 0. The van der Waals surface area contributed by atoms with E-state index in [0.29, 0.717) is 0 Å². The topological polar surface area (TPSA) is 0 Å². The third kappa shape index (κ3) is 0.510. The lowest BCUT2D eigenvalue weighted by Gasteiger charge is -1.85. The molecule has 1 aromatic rings. The number of fused-ring (bicyclic) bond motifs is 1. The molecule has 0 heterocycles. The number of hydrogen-bond donors (Lipinski definition) is 0. The zero-order chi connectivity index (χ0) is 6.27. The van der Waals surface area contributed by atoms with Crippen molar-refractivity contribution >= 4 is 11.8 Å². The third-order valence-electron chi connectivity index (χ3n) is 1.70. The molecule has 9 heavy (non-hydrogen) atoms. The Morgan fingerprint density at radius 1 is 1.56 bits per heavy atom. The molecule has 0 N–H and O–H groups in total. The summed E-state index contributed by atoms with van der Waals surface area (Å²) in [6.07, 6.45) is 4.07. The fourth-order valence-electron chi connectivity index (χ4n) is 1.16. The Morgan fingerprint density at radius 2 is 2.44 bits per heavy atom. The summed E-state index contributed by atoms with van der Waals surface area (Å²) in [6, 6.07) is 4.23. The van der Waals surface area contributed by atoms with Gasteiger partial charge in [-0.15, -0.1) is 28.6 Å². The Balaban J connectivity index is 3.12. The summed E-state index contributed by atoms with van der Waals surface area (Å²) < 4.78 is 0. The Bertz CT molecular complexity index is 371. The van der Waals surface area contributed by atoms with E-state index in [9.17, 15) is 0 Å². The van der Waals surface area contributed by atoms with E-state index in [4.69, 9.17) is 0 Å². The van der Waals surface area contributed by atoms with Gasteiger partial charge in [-0.05, 0) is 0 Å². The molecule has 0 amide bonds. The molecule has 0 bridgehead atoms. The van der Waals surface area contributed by atoms with Gasteiger partial charge in [0.15, 0.2) is 0 Å². The van der Waals surface area contributed by atoms with Crippen LogP contribution in [0.15, 0.2) is 18.2 Å². The van der Waals surface area contributed by atoms with Crippen LogP contribution in [0.5, 0.6) is 0 Å². The molecular formula is C9H7-. The minimum absolute atomic E-state index is 1.24. The Hall–Kier alpha value is -1.13.